The van der Waals surface area contributed by atoms with Gasteiger partial charge in [0.05, 0.1) is 18.0 Å². The first-order chi connectivity index (χ1) is 11.5. The van der Waals surface area contributed by atoms with Gasteiger partial charge in [0.2, 0.25) is 6.10 Å². The molecule has 7 heteroatoms. The second kappa shape index (κ2) is 6.43. The maximum Gasteiger partial charge on any atom is 0.264 e. The van der Waals surface area contributed by atoms with Crippen LogP contribution in [0.15, 0.2) is 35.6 Å². The van der Waals surface area contributed by atoms with Crippen molar-refractivity contribution in [2.45, 2.75) is 32.4 Å². The summed E-state index contributed by atoms with van der Waals surface area (Å²) in [6.45, 7) is 3.85. The zero-order valence-corrected chi connectivity index (χ0v) is 13.8. The Morgan fingerprint density at radius 3 is 2.75 bits per heavy atom. The SMILES string of the molecule is Cc1c(C(C)NC(=O)C2CC(c3ccc(F)cc3)=NO2)cnn1C. The molecule has 1 aliphatic rings. The third kappa shape index (κ3) is 3.15. The minimum atomic E-state index is -0.676. The molecule has 0 fully saturated rings. The molecule has 1 N–H and O–H groups in total. The normalized spacial score (nSPS) is 18.0. The number of aryl methyl sites for hydroxylation is 1. The molecule has 0 saturated carbocycles. The van der Waals surface area contributed by atoms with Crippen molar-refractivity contribution < 1.29 is 14.0 Å². The van der Waals surface area contributed by atoms with Crippen LogP contribution in [-0.2, 0) is 16.7 Å². The summed E-state index contributed by atoms with van der Waals surface area (Å²) >= 11 is 0. The molecule has 2 aromatic rings. The Labute approximate surface area is 139 Å². The van der Waals surface area contributed by atoms with Gasteiger partial charge in [0.15, 0.2) is 0 Å². The standard InChI is InChI=1S/C17H19FN4O2/c1-10(14-9-19-22(3)11(14)2)20-17(23)16-8-15(21-24-16)12-4-6-13(18)7-5-12/h4-7,9-10,16H,8H2,1-3H3,(H,20,23). The van der Waals surface area contributed by atoms with E-state index in [1.165, 1.54) is 12.1 Å². The highest BCUT2D eigenvalue weighted by atomic mass is 19.1. The number of nitrogens with zero attached hydrogens (tertiary/aromatic N) is 3. The minimum absolute atomic E-state index is 0.176. The minimum Gasteiger partial charge on any atom is -0.382 e. The lowest BCUT2D eigenvalue weighted by molar-refractivity contribution is -0.131. The summed E-state index contributed by atoms with van der Waals surface area (Å²) in [5.41, 5.74) is 3.35. The van der Waals surface area contributed by atoms with Gasteiger partial charge in [0, 0.05) is 24.7 Å². The summed E-state index contributed by atoms with van der Waals surface area (Å²) in [4.78, 5) is 17.6. The number of carbonyl (C=O) groups is 1. The van der Waals surface area contributed by atoms with Crippen LogP contribution in [0.3, 0.4) is 0 Å². The van der Waals surface area contributed by atoms with E-state index in [9.17, 15) is 9.18 Å². The van der Waals surface area contributed by atoms with Gasteiger partial charge in [-0.2, -0.15) is 5.10 Å². The first-order valence-electron chi connectivity index (χ1n) is 7.73. The Bertz CT molecular complexity index is 782. The second-order valence-corrected chi connectivity index (χ2v) is 5.88. The third-order valence-corrected chi connectivity index (χ3v) is 4.24. The summed E-state index contributed by atoms with van der Waals surface area (Å²) in [5.74, 6) is -0.542. The van der Waals surface area contributed by atoms with Gasteiger partial charge in [-0.3, -0.25) is 9.48 Å². The lowest BCUT2D eigenvalue weighted by Crippen LogP contribution is -2.36. The molecule has 1 amide bonds. The zero-order valence-electron chi connectivity index (χ0n) is 13.8. The van der Waals surface area contributed by atoms with Crippen molar-refractivity contribution in [2.24, 2.45) is 12.2 Å². The summed E-state index contributed by atoms with van der Waals surface area (Å²) in [6, 6.07) is 5.79. The summed E-state index contributed by atoms with van der Waals surface area (Å²) in [7, 11) is 1.86. The molecule has 1 aliphatic heterocycles. The van der Waals surface area contributed by atoms with Crippen molar-refractivity contribution in [3.05, 3.63) is 53.1 Å². The average molecular weight is 330 g/mol. The molecule has 3 rings (SSSR count). The smallest absolute Gasteiger partial charge is 0.264 e. The molecule has 0 saturated heterocycles. The van der Waals surface area contributed by atoms with Crippen molar-refractivity contribution in [3.8, 4) is 0 Å². The van der Waals surface area contributed by atoms with Crippen LogP contribution in [0.4, 0.5) is 4.39 Å². The Morgan fingerprint density at radius 1 is 1.42 bits per heavy atom. The number of hydrogen-bond donors (Lipinski definition) is 1. The Hall–Kier alpha value is -2.70. The van der Waals surface area contributed by atoms with Crippen molar-refractivity contribution in [2.75, 3.05) is 0 Å². The predicted molar refractivity (Wildman–Crippen MR) is 86.9 cm³/mol. The highest BCUT2D eigenvalue weighted by Crippen LogP contribution is 2.20. The van der Waals surface area contributed by atoms with Crippen LogP contribution in [0.2, 0.25) is 0 Å². The number of aromatic nitrogens is 2. The van der Waals surface area contributed by atoms with E-state index in [2.05, 4.69) is 15.6 Å². The molecule has 2 atom stereocenters. The van der Waals surface area contributed by atoms with E-state index in [1.54, 1.807) is 23.0 Å². The van der Waals surface area contributed by atoms with Crippen LogP contribution >= 0.6 is 0 Å². The highest BCUT2D eigenvalue weighted by Gasteiger charge is 2.30. The number of oxime groups is 1. The molecule has 0 bridgehead atoms. The van der Waals surface area contributed by atoms with E-state index < -0.39 is 6.10 Å². The molecule has 0 spiro atoms. The lowest BCUT2D eigenvalue weighted by Gasteiger charge is -2.16. The molecule has 126 valence electrons. The summed E-state index contributed by atoms with van der Waals surface area (Å²) in [5, 5.41) is 11.1. The van der Waals surface area contributed by atoms with E-state index in [1.807, 2.05) is 20.9 Å². The molecule has 0 radical (unpaired) electrons. The quantitative estimate of drug-likeness (QED) is 0.935. The molecule has 2 unspecified atom stereocenters. The monoisotopic (exact) mass is 330 g/mol. The van der Waals surface area contributed by atoms with Gasteiger partial charge in [-0.15, -0.1) is 0 Å². The topological polar surface area (TPSA) is 68.5 Å². The summed E-state index contributed by atoms with van der Waals surface area (Å²) < 4.78 is 14.7. The summed E-state index contributed by atoms with van der Waals surface area (Å²) in [6.07, 6.45) is 1.43. The van der Waals surface area contributed by atoms with Crippen molar-refractivity contribution in [1.82, 2.24) is 15.1 Å². The van der Waals surface area contributed by atoms with Crippen molar-refractivity contribution in [1.29, 1.82) is 0 Å². The van der Waals surface area contributed by atoms with Crippen molar-refractivity contribution in [3.63, 3.8) is 0 Å². The fraction of sp³-hybridized carbons (Fsp3) is 0.353. The average Bonchev–Trinajstić information content (AvgIpc) is 3.16. The fourth-order valence-corrected chi connectivity index (χ4v) is 2.66. The Kier molecular flexibility index (Phi) is 4.33. The lowest BCUT2D eigenvalue weighted by atomic mass is 10.0. The molecule has 1 aromatic heterocycles. The fourth-order valence-electron chi connectivity index (χ4n) is 2.66. The van der Waals surface area contributed by atoms with Gasteiger partial charge in [-0.25, -0.2) is 4.39 Å². The number of carbonyl (C=O) groups excluding carboxylic acids is 1. The van der Waals surface area contributed by atoms with Gasteiger partial charge in [0.25, 0.3) is 5.91 Å². The maximum atomic E-state index is 13.0. The molecule has 0 aliphatic carbocycles. The first kappa shape index (κ1) is 16.2. The van der Waals surface area contributed by atoms with E-state index in [4.69, 9.17) is 4.84 Å². The van der Waals surface area contributed by atoms with Crippen LogP contribution < -0.4 is 5.32 Å². The van der Waals surface area contributed by atoms with Gasteiger partial charge in [-0.05, 0) is 31.5 Å². The number of rotatable bonds is 4. The molecule has 2 heterocycles. The molecule has 24 heavy (non-hydrogen) atoms. The van der Waals surface area contributed by atoms with E-state index in [-0.39, 0.29) is 17.8 Å². The largest absolute Gasteiger partial charge is 0.382 e. The van der Waals surface area contributed by atoms with Crippen molar-refractivity contribution >= 4 is 11.6 Å². The third-order valence-electron chi connectivity index (χ3n) is 4.24. The number of benzene rings is 1. The van der Waals surface area contributed by atoms with Crippen LogP contribution in [0.5, 0.6) is 0 Å². The second-order valence-electron chi connectivity index (χ2n) is 5.88. The van der Waals surface area contributed by atoms with Crippen LogP contribution in [-0.4, -0.2) is 27.5 Å². The Balaban J connectivity index is 1.61. The van der Waals surface area contributed by atoms with E-state index >= 15 is 0 Å². The maximum absolute atomic E-state index is 13.0. The predicted octanol–water partition coefficient (Wildman–Crippen LogP) is 2.24. The molecule has 1 aromatic carbocycles. The van der Waals surface area contributed by atoms with Gasteiger partial charge >= 0.3 is 0 Å². The zero-order chi connectivity index (χ0) is 17.3. The number of halogens is 1. The van der Waals surface area contributed by atoms with Gasteiger partial charge in [-0.1, -0.05) is 17.3 Å². The molecular weight excluding hydrogens is 311 g/mol. The van der Waals surface area contributed by atoms with Crippen LogP contribution in [0.1, 0.15) is 36.2 Å². The number of nitrogens with one attached hydrogen (secondary N) is 1. The Morgan fingerprint density at radius 2 is 2.12 bits per heavy atom. The van der Waals surface area contributed by atoms with Crippen LogP contribution in [0.25, 0.3) is 0 Å². The number of hydrogen-bond acceptors (Lipinski definition) is 4. The molecular formula is C17H19FN4O2. The molecule has 6 nitrogen and oxygen atoms in total. The van der Waals surface area contributed by atoms with E-state index in [0.717, 1.165) is 16.8 Å². The van der Waals surface area contributed by atoms with Crippen LogP contribution in [0, 0.1) is 12.7 Å². The highest BCUT2D eigenvalue weighted by molar-refractivity contribution is 6.04. The van der Waals surface area contributed by atoms with Gasteiger partial charge in [0.1, 0.15) is 5.82 Å². The van der Waals surface area contributed by atoms with E-state index in [0.29, 0.717) is 12.1 Å². The first-order valence-corrected chi connectivity index (χ1v) is 7.73. The van der Waals surface area contributed by atoms with Gasteiger partial charge < -0.3 is 10.2 Å². The number of amides is 1.